The Balaban J connectivity index is 1.39. The molecule has 0 radical (unpaired) electrons. The predicted molar refractivity (Wildman–Crippen MR) is 158 cm³/mol. The number of aromatic nitrogens is 4. The van der Waals surface area contributed by atoms with Crippen LogP contribution >= 0.6 is 0 Å². The van der Waals surface area contributed by atoms with Crippen LogP contribution in [-0.2, 0) is 17.7 Å². The highest BCUT2D eigenvalue weighted by Crippen LogP contribution is 2.26. The number of aliphatic hydroxyl groups is 1. The lowest BCUT2D eigenvalue weighted by Crippen LogP contribution is -2.29. The minimum Gasteiger partial charge on any atom is -0.340 e. The molecule has 0 saturated heterocycles. The second-order valence-corrected chi connectivity index (χ2v) is 10.5. The van der Waals surface area contributed by atoms with Crippen LogP contribution in [0.1, 0.15) is 61.1 Å². The molecule has 3 aromatic carbocycles. The van der Waals surface area contributed by atoms with E-state index in [1.807, 2.05) is 65.2 Å². The van der Waals surface area contributed by atoms with Crippen molar-refractivity contribution in [2.45, 2.75) is 52.4 Å². The molecule has 1 aliphatic heterocycles. The van der Waals surface area contributed by atoms with E-state index in [0.29, 0.717) is 35.9 Å². The molecule has 0 saturated carbocycles. The highest BCUT2D eigenvalue weighted by molar-refractivity contribution is 6.04. The first-order valence-corrected chi connectivity index (χ1v) is 13.9. The highest BCUT2D eigenvalue weighted by Gasteiger charge is 2.22. The molecule has 1 atom stereocenters. The molecule has 0 amide bonds. The van der Waals surface area contributed by atoms with E-state index >= 15 is 0 Å². The Morgan fingerprint density at radius 2 is 1.73 bits per heavy atom. The van der Waals surface area contributed by atoms with Crippen molar-refractivity contribution in [3.05, 3.63) is 117 Å². The molecular formula is C32H32N6O3. The van der Waals surface area contributed by atoms with E-state index in [1.165, 1.54) is 11.9 Å². The fourth-order valence-electron chi connectivity index (χ4n) is 5.31. The number of fused-ring (bicyclic) bond motifs is 1. The normalized spacial score (nSPS) is 14.8. The number of hydrogen-bond donors (Lipinski definition) is 2. The Bertz CT molecular complexity index is 1790. The van der Waals surface area contributed by atoms with Gasteiger partial charge in [-0.2, -0.15) is 10.1 Å². The quantitative estimate of drug-likeness (QED) is 0.289. The van der Waals surface area contributed by atoms with E-state index in [9.17, 15) is 9.90 Å². The minimum absolute atomic E-state index is 0.0791. The summed E-state index contributed by atoms with van der Waals surface area (Å²) in [4.78, 5) is 23.5. The van der Waals surface area contributed by atoms with Gasteiger partial charge in [-0.3, -0.25) is 4.79 Å². The van der Waals surface area contributed by atoms with Gasteiger partial charge in [0.2, 0.25) is 5.78 Å². The van der Waals surface area contributed by atoms with Crippen LogP contribution in [0.2, 0.25) is 0 Å². The maximum atomic E-state index is 14.1. The first-order chi connectivity index (χ1) is 19.9. The summed E-state index contributed by atoms with van der Waals surface area (Å²) in [6.07, 6.45) is 2.41. The van der Waals surface area contributed by atoms with Crippen LogP contribution in [-0.4, -0.2) is 36.5 Å². The maximum absolute atomic E-state index is 14.1. The van der Waals surface area contributed by atoms with Crippen molar-refractivity contribution >= 4 is 11.6 Å². The number of nitrogens with zero attached hydrogens (tertiary/aromatic N) is 5. The van der Waals surface area contributed by atoms with Gasteiger partial charge in [0.15, 0.2) is 5.84 Å². The summed E-state index contributed by atoms with van der Waals surface area (Å²) < 4.78 is 3.48. The first-order valence-electron chi connectivity index (χ1n) is 13.9. The Labute approximate surface area is 237 Å². The summed E-state index contributed by atoms with van der Waals surface area (Å²) in [6, 6.07) is 24.1. The number of hydrogen-bond acceptors (Lipinski definition) is 7. The van der Waals surface area contributed by atoms with E-state index in [-0.39, 0.29) is 5.56 Å². The van der Waals surface area contributed by atoms with E-state index in [0.717, 1.165) is 40.1 Å². The Kier molecular flexibility index (Phi) is 7.11. The Morgan fingerprint density at radius 3 is 2.39 bits per heavy atom. The molecule has 0 fully saturated rings. The number of rotatable bonds is 8. The topological polar surface area (TPSA) is 106 Å². The number of aliphatic hydroxyl groups excluding tert-OH is 1. The van der Waals surface area contributed by atoms with Crippen molar-refractivity contribution in [3.8, 4) is 16.8 Å². The van der Waals surface area contributed by atoms with Crippen molar-refractivity contribution in [1.82, 2.24) is 24.5 Å². The molecule has 1 unspecified atom stereocenters. The minimum atomic E-state index is -1.16. The number of amidine groups is 1. The van der Waals surface area contributed by atoms with Gasteiger partial charge in [0.25, 0.3) is 5.56 Å². The summed E-state index contributed by atoms with van der Waals surface area (Å²) in [7, 11) is 0. The monoisotopic (exact) mass is 548 g/mol. The van der Waals surface area contributed by atoms with E-state index in [1.54, 1.807) is 4.57 Å². The average Bonchev–Trinajstić information content (AvgIpc) is 3.65. The third kappa shape index (κ3) is 5.00. The molecule has 5 aromatic rings. The molecule has 0 bridgehead atoms. The molecule has 6 rings (SSSR count). The lowest BCUT2D eigenvalue weighted by molar-refractivity contribution is -0.0896. The van der Waals surface area contributed by atoms with Crippen LogP contribution < -0.4 is 10.9 Å². The van der Waals surface area contributed by atoms with Crippen LogP contribution in [0.15, 0.2) is 89.1 Å². The fourth-order valence-corrected chi connectivity index (χ4v) is 5.31. The molecule has 2 N–H and O–H groups in total. The van der Waals surface area contributed by atoms with Gasteiger partial charge in [0.05, 0.1) is 11.4 Å². The molecule has 0 spiro atoms. The van der Waals surface area contributed by atoms with E-state index in [2.05, 4.69) is 53.5 Å². The standard InChI is InChI=1S/C32H32N6O3/c1-4-7-28-27(30(39)37(31-33-19-34-38(28)31)24-16-14-22(15-17-24)20(2)3)18-21-10-12-23(13-11-21)25-8-5-6-9-26(25)29-35-32(40)41-36-29/h5-6,8-17,19-20,32,40H,4,7,18H2,1-3H3,(H,35,36). The molecule has 1 aliphatic rings. The first kappa shape index (κ1) is 26.5. The zero-order valence-corrected chi connectivity index (χ0v) is 23.3. The third-order valence-electron chi connectivity index (χ3n) is 7.43. The lowest BCUT2D eigenvalue weighted by atomic mass is 9.96. The van der Waals surface area contributed by atoms with Crippen molar-refractivity contribution in [1.29, 1.82) is 0 Å². The number of aryl methyl sites for hydroxylation is 1. The number of benzene rings is 3. The second-order valence-electron chi connectivity index (χ2n) is 10.5. The van der Waals surface area contributed by atoms with Crippen LogP contribution in [0.4, 0.5) is 0 Å². The number of oxime groups is 1. The summed E-state index contributed by atoms with van der Waals surface area (Å²) >= 11 is 0. The second kappa shape index (κ2) is 11.0. The van der Waals surface area contributed by atoms with E-state index in [4.69, 9.17) is 4.84 Å². The summed E-state index contributed by atoms with van der Waals surface area (Å²) in [5.41, 5.74) is 7.27. The van der Waals surface area contributed by atoms with Gasteiger partial charge in [-0.15, -0.1) is 0 Å². The fraction of sp³-hybridized carbons (Fsp3) is 0.250. The summed E-state index contributed by atoms with van der Waals surface area (Å²) in [5.74, 6) is 1.39. The zero-order valence-electron chi connectivity index (χ0n) is 23.3. The molecule has 41 heavy (non-hydrogen) atoms. The molecule has 9 heteroatoms. The summed E-state index contributed by atoms with van der Waals surface area (Å²) in [5, 5.41) is 21.0. The zero-order chi connectivity index (χ0) is 28.5. The van der Waals surface area contributed by atoms with Crippen molar-refractivity contribution in [2.24, 2.45) is 5.16 Å². The van der Waals surface area contributed by atoms with E-state index < -0.39 is 6.41 Å². The molecule has 2 aromatic heterocycles. The van der Waals surface area contributed by atoms with Crippen molar-refractivity contribution in [2.75, 3.05) is 0 Å². The van der Waals surface area contributed by atoms with Gasteiger partial charge in [-0.25, -0.2) is 9.08 Å². The van der Waals surface area contributed by atoms with Crippen LogP contribution in [0, 0.1) is 0 Å². The predicted octanol–water partition coefficient (Wildman–Crippen LogP) is 4.77. The van der Waals surface area contributed by atoms with Gasteiger partial charge in [0.1, 0.15) is 6.33 Å². The third-order valence-corrected chi connectivity index (χ3v) is 7.43. The van der Waals surface area contributed by atoms with Crippen molar-refractivity contribution < 1.29 is 9.94 Å². The lowest BCUT2D eigenvalue weighted by Gasteiger charge is -2.16. The molecule has 208 valence electrons. The maximum Gasteiger partial charge on any atom is 0.304 e. The summed E-state index contributed by atoms with van der Waals surface area (Å²) in [6.45, 7) is 6.40. The largest absolute Gasteiger partial charge is 0.340 e. The van der Waals surface area contributed by atoms with Crippen LogP contribution in [0.3, 0.4) is 0 Å². The molecule has 9 nitrogen and oxygen atoms in total. The van der Waals surface area contributed by atoms with Crippen LogP contribution in [0.25, 0.3) is 22.6 Å². The van der Waals surface area contributed by atoms with Gasteiger partial charge in [-0.05, 0) is 46.7 Å². The van der Waals surface area contributed by atoms with Crippen LogP contribution in [0.5, 0.6) is 0 Å². The van der Waals surface area contributed by atoms with Gasteiger partial charge < -0.3 is 15.3 Å². The Hall–Kier alpha value is -4.76. The smallest absolute Gasteiger partial charge is 0.304 e. The highest BCUT2D eigenvalue weighted by atomic mass is 16.7. The molecule has 3 heterocycles. The van der Waals surface area contributed by atoms with Gasteiger partial charge in [-0.1, -0.05) is 93.0 Å². The average molecular weight is 549 g/mol. The number of nitrogens with one attached hydrogen (secondary N) is 1. The van der Waals surface area contributed by atoms with Gasteiger partial charge >= 0.3 is 6.41 Å². The molecule has 0 aliphatic carbocycles. The molecular weight excluding hydrogens is 516 g/mol. The SMILES string of the molecule is CCCc1c(Cc2ccc(-c3ccccc3C3=NOC(O)N3)cc2)c(=O)n(-c2ccc(C(C)C)cc2)c2ncnn12. The Morgan fingerprint density at radius 1 is 1.00 bits per heavy atom. The van der Waals surface area contributed by atoms with Gasteiger partial charge in [0, 0.05) is 17.5 Å². The van der Waals surface area contributed by atoms with Crippen molar-refractivity contribution in [3.63, 3.8) is 0 Å².